The molecular weight excluding hydrogens is 418 g/mol. The molecule has 1 aliphatic rings. The zero-order chi connectivity index (χ0) is 22.7. The second kappa shape index (κ2) is 9.56. The molecular formula is C23H24F2N4O3. The van der Waals surface area contributed by atoms with Gasteiger partial charge < -0.3 is 10.1 Å². The molecule has 4 N–H and O–H groups in total. The molecule has 0 radical (unpaired) electrons. The van der Waals surface area contributed by atoms with Crippen molar-refractivity contribution in [1.29, 1.82) is 0 Å². The van der Waals surface area contributed by atoms with Gasteiger partial charge in [0.15, 0.2) is 11.6 Å². The number of halogens is 2. The van der Waals surface area contributed by atoms with Gasteiger partial charge in [0, 0.05) is 43.8 Å². The number of aryl methyl sites for hydroxylation is 1. The van der Waals surface area contributed by atoms with Crippen LogP contribution in [0, 0.1) is 11.6 Å². The molecule has 1 atom stereocenters. The third-order valence-corrected chi connectivity index (χ3v) is 5.79. The Labute approximate surface area is 183 Å². The van der Waals surface area contributed by atoms with Crippen molar-refractivity contribution < 1.29 is 23.9 Å². The summed E-state index contributed by atoms with van der Waals surface area (Å²) >= 11 is 0. The summed E-state index contributed by atoms with van der Waals surface area (Å²) in [5.41, 5.74) is 5.62. The number of hydrogen-bond donors (Lipinski definition) is 4. The van der Waals surface area contributed by atoms with Gasteiger partial charge in [-0.1, -0.05) is 18.2 Å². The van der Waals surface area contributed by atoms with Crippen LogP contribution in [0.3, 0.4) is 0 Å². The molecule has 168 valence electrons. The van der Waals surface area contributed by atoms with Crippen molar-refractivity contribution in [3.05, 3.63) is 70.6 Å². The van der Waals surface area contributed by atoms with Crippen LogP contribution in [0.5, 0.6) is 0 Å². The van der Waals surface area contributed by atoms with Gasteiger partial charge in [-0.2, -0.15) is 0 Å². The maximum absolute atomic E-state index is 13.5. The van der Waals surface area contributed by atoms with E-state index in [1.807, 2.05) is 18.2 Å². The van der Waals surface area contributed by atoms with Crippen molar-refractivity contribution in [2.75, 3.05) is 19.7 Å². The van der Waals surface area contributed by atoms with Gasteiger partial charge in [0.2, 0.25) is 0 Å². The van der Waals surface area contributed by atoms with E-state index in [4.69, 9.17) is 5.21 Å². The molecule has 0 spiro atoms. The number of hydrogen-bond acceptors (Lipinski definition) is 5. The highest BCUT2D eigenvalue weighted by Crippen LogP contribution is 2.36. The lowest BCUT2D eigenvalue weighted by atomic mass is 10.0. The number of amides is 1. The maximum atomic E-state index is 13.5. The third-order valence-electron chi connectivity index (χ3n) is 5.79. The average Bonchev–Trinajstić information content (AvgIpc) is 3.38. The Morgan fingerprint density at radius 2 is 2.06 bits per heavy atom. The number of aromatic nitrogens is 2. The second-order valence-electron chi connectivity index (χ2n) is 7.80. The van der Waals surface area contributed by atoms with Crippen LogP contribution in [0.1, 0.15) is 35.0 Å². The standard InChI is InChI=1S/C23H24F2N4O3/c24-17-12-19-20(13-18(17)25)27-22(26-19)7-8-29(9-10-30)21-5-3-15-11-14(1-4-16(15)21)2-6-23(31)28-32/h1-2,4,6,11-13,21,30,32H,3,5,7-10H2,(H,26,27)(H,28,31)/b6-2+. The number of rotatable bonds is 8. The van der Waals surface area contributed by atoms with Crippen LogP contribution in [0.15, 0.2) is 36.4 Å². The van der Waals surface area contributed by atoms with Crippen LogP contribution in [0.2, 0.25) is 0 Å². The molecule has 1 aromatic heterocycles. The maximum Gasteiger partial charge on any atom is 0.267 e. The zero-order valence-electron chi connectivity index (χ0n) is 17.3. The Kier molecular flexibility index (Phi) is 6.59. The lowest BCUT2D eigenvalue weighted by Gasteiger charge is -2.28. The molecule has 0 aliphatic heterocycles. The predicted molar refractivity (Wildman–Crippen MR) is 115 cm³/mol. The van der Waals surface area contributed by atoms with Crippen molar-refractivity contribution in [2.24, 2.45) is 0 Å². The monoisotopic (exact) mass is 442 g/mol. The summed E-state index contributed by atoms with van der Waals surface area (Å²) in [6.45, 7) is 1.12. The number of carbonyl (C=O) groups excluding carboxylic acids is 1. The van der Waals surface area contributed by atoms with Gasteiger partial charge in [0.25, 0.3) is 5.91 Å². The molecule has 7 nitrogen and oxygen atoms in total. The lowest BCUT2D eigenvalue weighted by molar-refractivity contribution is -0.124. The fourth-order valence-corrected chi connectivity index (χ4v) is 4.28. The summed E-state index contributed by atoms with van der Waals surface area (Å²) in [4.78, 5) is 20.8. The fraction of sp³-hybridized carbons (Fsp3) is 0.304. The number of benzene rings is 2. The number of nitrogens with one attached hydrogen (secondary N) is 2. The molecule has 9 heteroatoms. The van der Waals surface area contributed by atoms with Gasteiger partial charge in [-0.15, -0.1) is 0 Å². The lowest BCUT2D eigenvalue weighted by Crippen LogP contribution is -2.32. The van der Waals surface area contributed by atoms with Gasteiger partial charge in [-0.05, 0) is 35.6 Å². The van der Waals surface area contributed by atoms with Gasteiger partial charge in [0.1, 0.15) is 5.82 Å². The minimum absolute atomic E-state index is 0.0134. The molecule has 1 aliphatic carbocycles. The molecule has 0 saturated carbocycles. The van der Waals surface area contributed by atoms with E-state index in [0.29, 0.717) is 36.4 Å². The number of carbonyl (C=O) groups is 1. The van der Waals surface area contributed by atoms with E-state index in [-0.39, 0.29) is 12.6 Å². The van der Waals surface area contributed by atoms with E-state index in [1.54, 1.807) is 11.6 Å². The molecule has 1 unspecified atom stereocenters. The number of aliphatic hydroxyl groups is 1. The van der Waals surface area contributed by atoms with E-state index in [0.717, 1.165) is 30.5 Å². The summed E-state index contributed by atoms with van der Waals surface area (Å²) in [6.07, 6.45) is 5.21. The number of imidazole rings is 1. The smallest absolute Gasteiger partial charge is 0.267 e. The van der Waals surface area contributed by atoms with Gasteiger partial charge in [0.05, 0.1) is 17.6 Å². The largest absolute Gasteiger partial charge is 0.395 e. The molecule has 1 amide bonds. The van der Waals surface area contributed by atoms with E-state index in [9.17, 15) is 18.7 Å². The van der Waals surface area contributed by atoms with Crippen LogP contribution in [0.4, 0.5) is 8.78 Å². The highest BCUT2D eigenvalue weighted by Gasteiger charge is 2.27. The number of H-pyrrole nitrogens is 1. The van der Waals surface area contributed by atoms with Crippen molar-refractivity contribution in [2.45, 2.75) is 25.3 Å². The molecule has 0 fully saturated rings. The van der Waals surface area contributed by atoms with Gasteiger partial charge >= 0.3 is 0 Å². The summed E-state index contributed by atoms with van der Waals surface area (Å²) in [6, 6.07) is 8.29. The number of aromatic amines is 1. The Hall–Kier alpha value is -3.14. The third kappa shape index (κ3) is 4.69. The first-order valence-electron chi connectivity index (χ1n) is 10.4. The molecule has 4 rings (SSSR count). The quantitative estimate of drug-likeness (QED) is 0.244. The normalized spacial score (nSPS) is 15.7. The first kappa shape index (κ1) is 22.1. The minimum Gasteiger partial charge on any atom is -0.395 e. The fourth-order valence-electron chi connectivity index (χ4n) is 4.28. The zero-order valence-corrected chi connectivity index (χ0v) is 17.3. The Balaban J connectivity index is 1.48. The molecule has 0 saturated heterocycles. The number of aliphatic hydroxyl groups excluding tert-OH is 1. The molecule has 0 bridgehead atoms. The van der Waals surface area contributed by atoms with Crippen molar-refractivity contribution in [3.8, 4) is 0 Å². The summed E-state index contributed by atoms with van der Waals surface area (Å²) in [5.74, 6) is -1.79. The predicted octanol–water partition coefficient (Wildman–Crippen LogP) is 2.88. The van der Waals surface area contributed by atoms with E-state index in [1.165, 1.54) is 17.2 Å². The highest BCUT2D eigenvalue weighted by atomic mass is 19.2. The minimum atomic E-state index is -0.925. The van der Waals surface area contributed by atoms with E-state index >= 15 is 0 Å². The number of hydroxylamine groups is 1. The average molecular weight is 442 g/mol. The Morgan fingerprint density at radius 1 is 1.25 bits per heavy atom. The molecule has 1 heterocycles. The highest BCUT2D eigenvalue weighted by molar-refractivity contribution is 5.90. The Bertz CT molecular complexity index is 1120. The second-order valence-corrected chi connectivity index (χ2v) is 7.80. The first-order valence-corrected chi connectivity index (χ1v) is 10.4. The summed E-state index contributed by atoms with van der Waals surface area (Å²) in [7, 11) is 0. The Morgan fingerprint density at radius 3 is 2.84 bits per heavy atom. The van der Waals surface area contributed by atoms with Crippen LogP contribution in [-0.2, 0) is 17.6 Å². The molecule has 3 aromatic rings. The summed E-state index contributed by atoms with van der Waals surface area (Å²) in [5, 5.41) is 18.2. The number of fused-ring (bicyclic) bond motifs is 2. The van der Waals surface area contributed by atoms with Gasteiger partial charge in [-0.3, -0.25) is 14.9 Å². The van der Waals surface area contributed by atoms with Crippen molar-refractivity contribution >= 4 is 23.0 Å². The first-order chi connectivity index (χ1) is 15.5. The SMILES string of the molecule is O=C(/C=C/c1ccc2c(c1)CCC2N(CCO)CCc1nc2cc(F)c(F)cc2[nH]1)NO. The van der Waals surface area contributed by atoms with Crippen LogP contribution in [-0.4, -0.2) is 50.8 Å². The van der Waals surface area contributed by atoms with Crippen molar-refractivity contribution in [3.63, 3.8) is 0 Å². The molecule has 2 aromatic carbocycles. The number of nitrogens with zero attached hydrogens (tertiary/aromatic N) is 2. The molecule has 32 heavy (non-hydrogen) atoms. The van der Waals surface area contributed by atoms with Crippen LogP contribution in [0.25, 0.3) is 17.1 Å². The van der Waals surface area contributed by atoms with E-state index < -0.39 is 17.5 Å². The van der Waals surface area contributed by atoms with Crippen LogP contribution < -0.4 is 5.48 Å². The van der Waals surface area contributed by atoms with Crippen LogP contribution >= 0.6 is 0 Å². The van der Waals surface area contributed by atoms with Gasteiger partial charge in [-0.25, -0.2) is 19.2 Å². The topological polar surface area (TPSA) is 101 Å². The van der Waals surface area contributed by atoms with Crippen molar-refractivity contribution in [1.82, 2.24) is 20.3 Å². The van der Waals surface area contributed by atoms with E-state index in [2.05, 4.69) is 14.9 Å². The summed E-state index contributed by atoms with van der Waals surface area (Å²) < 4.78 is 26.9.